The van der Waals surface area contributed by atoms with Crippen LogP contribution in [0, 0.1) is 5.92 Å². The van der Waals surface area contributed by atoms with E-state index < -0.39 is 0 Å². The van der Waals surface area contributed by atoms with Crippen molar-refractivity contribution in [3.05, 3.63) is 0 Å². The Hall–Kier alpha value is -0.0800. The number of hydrogen-bond donors (Lipinski definition) is 1. The van der Waals surface area contributed by atoms with Gasteiger partial charge in [-0.05, 0) is 58.5 Å². The van der Waals surface area contributed by atoms with Crippen LogP contribution in [0.5, 0.6) is 0 Å². The lowest BCUT2D eigenvalue weighted by atomic mass is 9.92. The molecule has 0 bridgehead atoms. The molecule has 0 saturated carbocycles. The third kappa shape index (κ3) is 5.39. The van der Waals surface area contributed by atoms with Crippen LogP contribution < -0.4 is 5.32 Å². The number of nitrogens with one attached hydrogen (secondary N) is 1. The fourth-order valence-corrected chi connectivity index (χ4v) is 2.84. The van der Waals surface area contributed by atoms with E-state index in [2.05, 4.69) is 37.9 Å². The zero-order chi connectivity index (χ0) is 12.7. The second-order valence-corrected chi connectivity index (χ2v) is 5.85. The first-order valence-electron chi connectivity index (χ1n) is 7.64. The van der Waals surface area contributed by atoms with Gasteiger partial charge in [-0.2, -0.15) is 0 Å². The van der Waals surface area contributed by atoms with E-state index in [1.54, 1.807) is 0 Å². The Balaban J connectivity index is 2.40. The molecule has 0 aliphatic carbocycles. The van der Waals surface area contributed by atoms with Crippen molar-refractivity contribution >= 4 is 0 Å². The largest absolute Gasteiger partial charge is 0.314 e. The highest BCUT2D eigenvalue weighted by Crippen LogP contribution is 2.19. The van der Waals surface area contributed by atoms with Crippen molar-refractivity contribution in [3.8, 4) is 0 Å². The topological polar surface area (TPSA) is 15.3 Å². The molecule has 0 spiro atoms. The van der Waals surface area contributed by atoms with Gasteiger partial charge >= 0.3 is 0 Å². The maximum atomic E-state index is 3.55. The lowest BCUT2D eigenvalue weighted by Crippen LogP contribution is -2.43. The predicted molar refractivity (Wildman–Crippen MR) is 76.4 cm³/mol. The summed E-state index contributed by atoms with van der Waals surface area (Å²) < 4.78 is 0. The van der Waals surface area contributed by atoms with Crippen LogP contribution in [0.1, 0.15) is 59.8 Å². The van der Waals surface area contributed by atoms with Crippen molar-refractivity contribution in [2.24, 2.45) is 5.92 Å². The molecule has 1 N–H and O–H groups in total. The van der Waals surface area contributed by atoms with E-state index in [-0.39, 0.29) is 0 Å². The summed E-state index contributed by atoms with van der Waals surface area (Å²) in [6.45, 7) is 13.2. The Morgan fingerprint density at radius 3 is 2.71 bits per heavy atom. The van der Waals surface area contributed by atoms with E-state index in [0.717, 1.165) is 18.0 Å². The molecule has 2 nitrogen and oxygen atoms in total. The van der Waals surface area contributed by atoms with Crippen LogP contribution in [0.15, 0.2) is 0 Å². The molecule has 1 saturated heterocycles. The van der Waals surface area contributed by atoms with Gasteiger partial charge in [0.15, 0.2) is 0 Å². The number of rotatable bonds is 7. The van der Waals surface area contributed by atoms with E-state index in [4.69, 9.17) is 0 Å². The Kier molecular flexibility index (Phi) is 7.14. The number of unbranched alkanes of at least 4 members (excludes halogenated alkanes) is 1. The fraction of sp³-hybridized carbons (Fsp3) is 1.00. The molecule has 0 aromatic heterocycles. The maximum absolute atomic E-state index is 3.55. The smallest absolute Gasteiger partial charge is 0.00644 e. The molecule has 0 radical (unpaired) electrons. The van der Waals surface area contributed by atoms with Crippen molar-refractivity contribution in [3.63, 3.8) is 0 Å². The molecule has 3 atom stereocenters. The summed E-state index contributed by atoms with van der Waals surface area (Å²) in [7, 11) is 0. The Bertz CT molecular complexity index is 193. The van der Waals surface area contributed by atoms with E-state index in [9.17, 15) is 0 Å². The average Bonchev–Trinajstić information content (AvgIpc) is 2.33. The molecule has 2 heteroatoms. The zero-order valence-electron chi connectivity index (χ0n) is 12.3. The lowest BCUT2D eigenvalue weighted by molar-refractivity contribution is 0.147. The van der Waals surface area contributed by atoms with Gasteiger partial charge in [-0.25, -0.2) is 0 Å². The fourth-order valence-electron chi connectivity index (χ4n) is 2.84. The number of nitrogens with zero attached hydrogens (tertiary/aromatic N) is 1. The van der Waals surface area contributed by atoms with Gasteiger partial charge in [0.25, 0.3) is 0 Å². The van der Waals surface area contributed by atoms with Crippen molar-refractivity contribution < 1.29 is 0 Å². The van der Waals surface area contributed by atoms with Crippen LogP contribution in [-0.2, 0) is 0 Å². The van der Waals surface area contributed by atoms with E-state index in [1.807, 2.05) is 0 Å². The molecule has 0 aromatic rings. The molecular formula is C15H32N2. The highest BCUT2D eigenvalue weighted by Gasteiger charge is 2.22. The molecule has 1 aliphatic heterocycles. The highest BCUT2D eigenvalue weighted by atomic mass is 15.1. The van der Waals surface area contributed by atoms with Gasteiger partial charge < -0.3 is 10.2 Å². The van der Waals surface area contributed by atoms with Crippen molar-refractivity contribution in [2.75, 3.05) is 19.6 Å². The van der Waals surface area contributed by atoms with Gasteiger partial charge in [0.05, 0.1) is 0 Å². The predicted octanol–water partition coefficient (Wildman–Crippen LogP) is 3.28. The second-order valence-electron chi connectivity index (χ2n) is 5.85. The van der Waals surface area contributed by atoms with Gasteiger partial charge in [-0.15, -0.1) is 0 Å². The summed E-state index contributed by atoms with van der Waals surface area (Å²) in [6, 6.07) is 1.48. The Morgan fingerprint density at radius 1 is 1.35 bits per heavy atom. The van der Waals surface area contributed by atoms with Crippen LogP contribution in [0.4, 0.5) is 0 Å². The SMILES string of the molecule is CCCCN(CC1CCNC(C)C1)C(C)CC. The maximum Gasteiger partial charge on any atom is 0.00644 e. The molecule has 1 rings (SSSR count). The van der Waals surface area contributed by atoms with Crippen LogP contribution in [-0.4, -0.2) is 36.6 Å². The van der Waals surface area contributed by atoms with Crippen molar-refractivity contribution in [2.45, 2.75) is 71.9 Å². The molecule has 1 fully saturated rings. The van der Waals surface area contributed by atoms with E-state index in [1.165, 1.54) is 51.7 Å². The van der Waals surface area contributed by atoms with Crippen molar-refractivity contribution in [1.82, 2.24) is 10.2 Å². The van der Waals surface area contributed by atoms with Gasteiger partial charge in [0, 0.05) is 18.6 Å². The summed E-state index contributed by atoms with van der Waals surface area (Å²) in [5.41, 5.74) is 0. The summed E-state index contributed by atoms with van der Waals surface area (Å²) >= 11 is 0. The third-order valence-electron chi connectivity index (χ3n) is 4.24. The van der Waals surface area contributed by atoms with E-state index >= 15 is 0 Å². The average molecular weight is 240 g/mol. The van der Waals surface area contributed by atoms with Gasteiger partial charge in [-0.3, -0.25) is 0 Å². The molecule has 0 amide bonds. The zero-order valence-corrected chi connectivity index (χ0v) is 12.3. The van der Waals surface area contributed by atoms with Gasteiger partial charge in [0.2, 0.25) is 0 Å². The third-order valence-corrected chi connectivity index (χ3v) is 4.24. The van der Waals surface area contributed by atoms with Crippen LogP contribution in [0.3, 0.4) is 0 Å². The minimum atomic E-state index is 0.721. The normalized spacial score (nSPS) is 27.4. The molecule has 102 valence electrons. The standard InChI is InChI=1S/C15H32N2/c1-5-7-10-17(14(4)6-2)12-15-8-9-16-13(3)11-15/h13-16H,5-12H2,1-4H3. The van der Waals surface area contributed by atoms with Crippen molar-refractivity contribution in [1.29, 1.82) is 0 Å². The lowest BCUT2D eigenvalue weighted by Gasteiger charge is -2.35. The van der Waals surface area contributed by atoms with Crippen LogP contribution in [0.2, 0.25) is 0 Å². The molecule has 0 aromatic carbocycles. The van der Waals surface area contributed by atoms with Gasteiger partial charge in [0.1, 0.15) is 0 Å². The molecule has 1 aliphatic rings. The number of hydrogen-bond acceptors (Lipinski definition) is 2. The molecular weight excluding hydrogens is 208 g/mol. The van der Waals surface area contributed by atoms with E-state index in [0.29, 0.717) is 0 Å². The molecule has 1 heterocycles. The minimum Gasteiger partial charge on any atom is -0.314 e. The Labute approximate surface area is 108 Å². The number of piperidine rings is 1. The molecule has 3 unspecified atom stereocenters. The second kappa shape index (κ2) is 8.10. The minimum absolute atomic E-state index is 0.721. The summed E-state index contributed by atoms with van der Waals surface area (Å²) in [4.78, 5) is 2.73. The quantitative estimate of drug-likeness (QED) is 0.735. The first-order valence-corrected chi connectivity index (χ1v) is 7.64. The first-order chi connectivity index (χ1) is 8.17. The summed E-state index contributed by atoms with van der Waals surface area (Å²) in [6.07, 6.45) is 6.67. The van der Waals surface area contributed by atoms with Crippen LogP contribution in [0.25, 0.3) is 0 Å². The summed E-state index contributed by atoms with van der Waals surface area (Å²) in [5, 5.41) is 3.55. The van der Waals surface area contributed by atoms with Gasteiger partial charge in [-0.1, -0.05) is 20.3 Å². The van der Waals surface area contributed by atoms with Crippen LogP contribution >= 0.6 is 0 Å². The first kappa shape index (κ1) is 15.0. The monoisotopic (exact) mass is 240 g/mol. The summed E-state index contributed by atoms with van der Waals surface area (Å²) in [5.74, 6) is 0.914. The highest BCUT2D eigenvalue weighted by molar-refractivity contribution is 4.79. The molecule has 17 heavy (non-hydrogen) atoms. The Morgan fingerprint density at radius 2 is 2.12 bits per heavy atom.